The van der Waals surface area contributed by atoms with Gasteiger partial charge in [0.1, 0.15) is 0 Å². The lowest BCUT2D eigenvalue weighted by atomic mass is 10.1. The van der Waals surface area contributed by atoms with E-state index in [0.29, 0.717) is 0 Å². The highest BCUT2D eigenvalue weighted by Crippen LogP contribution is 2.23. The molecule has 0 aliphatic carbocycles. The zero-order valence-electron chi connectivity index (χ0n) is 12.5. The molecule has 0 saturated carbocycles. The van der Waals surface area contributed by atoms with Gasteiger partial charge in [-0.3, -0.25) is 0 Å². The summed E-state index contributed by atoms with van der Waals surface area (Å²) >= 11 is 0. The second-order valence-electron chi connectivity index (χ2n) is 5.69. The summed E-state index contributed by atoms with van der Waals surface area (Å²) < 4.78 is 1.89. The summed E-state index contributed by atoms with van der Waals surface area (Å²) in [6.45, 7) is 7.39. The number of tetrazole rings is 1. The van der Waals surface area contributed by atoms with Gasteiger partial charge in [0.25, 0.3) is 0 Å². The summed E-state index contributed by atoms with van der Waals surface area (Å²) in [5.41, 5.74) is 8.70. The third-order valence-electron chi connectivity index (χ3n) is 3.42. The topological polar surface area (TPSA) is 69.6 Å². The fraction of sp³-hybridized carbons (Fsp3) is 0.533. The van der Waals surface area contributed by atoms with E-state index < -0.39 is 0 Å². The molecule has 2 aromatic rings. The van der Waals surface area contributed by atoms with Crippen molar-refractivity contribution in [1.29, 1.82) is 0 Å². The summed E-state index contributed by atoms with van der Waals surface area (Å²) in [5, 5.41) is 12.1. The third kappa shape index (κ3) is 3.56. The van der Waals surface area contributed by atoms with Gasteiger partial charge in [0.05, 0.1) is 0 Å². The maximum absolute atomic E-state index is 5.79. The largest absolute Gasteiger partial charge is 0.399 e. The molecule has 108 valence electrons. The number of rotatable bonds is 6. The molecule has 2 N–H and O–H groups in total. The van der Waals surface area contributed by atoms with E-state index in [-0.39, 0.29) is 0 Å². The predicted molar refractivity (Wildman–Crippen MR) is 81.1 cm³/mol. The van der Waals surface area contributed by atoms with Gasteiger partial charge in [0, 0.05) is 17.8 Å². The number of aryl methyl sites for hydroxylation is 2. The lowest BCUT2D eigenvalue weighted by Gasteiger charge is -2.08. The van der Waals surface area contributed by atoms with Crippen LogP contribution in [0.15, 0.2) is 18.2 Å². The normalized spacial score (nSPS) is 11.2. The van der Waals surface area contributed by atoms with Crippen LogP contribution in [0.2, 0.25) is 0 Å². The number of hydrogen-bond acceptors (Lipinski definition) is 4. The average molecular weight is 273 g/mol. The van der Waals surface area contributed by atoms with Gasteiger partial charge in [0.15, 0.2) is 5.82 Å². The quantitative estimate of drug-likeness (QED) is 0.648. The smallest absolute Gasteiger partial charge is 0.182 e. The second-order valence-corrected chi connectivity index (χ2v) is 5.69. The molecule has 20 heavy (non-hydrogen) atoms. The number of unbranched alkanes of at least 4 members (excludes halogenated alkanes) is 1. The summed E-state index contributed by atoms with van der Waals surface area (Å²) in [6.07, 6.45) is 3.56. The number of anilines is 1. The molecule has 1 aromatic heterocycles. The van der Waals surface area contributed by atoms with Gasteiger partial charge >= 0.3 is 0 Å². The fourth-order valence-electron chi connectivity index (χ4n) is 2.30. The Labute approximate surface area is 120 Å². The monoisotopic (exact) mass is 273 g/mol. The molecule has 0 amide bonds. The molecule has 0 aliphatic rings. The number of hydrogen-bond donors (Lipinski definition) is 1. The van der Waals surface area contributed by atoms with Crippen LogP contribution in [0.3, 0.4) is 0 Å². The van der Waals surface area contributed by atoms with E-state index in [4.69, 9.17) is 5.73 Å². The Morgan fingerprint density at radius 1 is 1.25 bits per heavy atom. The van der Waals surface area contributed by atoms with Crippen LogP contribution in [-0.4, -0.2) is 20.2 Å². The van der Waals surface area contributed by atoms with Crippen LogP contribution in [0.4, 0.5) is 5.69 Å². The Kier molecular flexibility index (Phi) is 4.71. The van der Waals surface area contributed by atoms with Gasteiger partial charge in [-0.1, -0.05) is 26.7 Å². The van der Waals surface area contributed by atoms with E-state index in [1.54, 1.807) is 0 Å². The number of nitrogens with zero attached hydrogens (tertiary/aromatic N) is 4. The second kappa shape index (κ2) is 6.50. The lowest BCUT2D eigenvalue weighted by Crippen LogP contribution is -2.04. The summed E-state index contributed by atoms with van der Waals surface area (Å²) in [4.78, 5) is 0. The van der Waals surface area contributed by atoms with E-state index >= 15 is 0 Å². The molecule has 0 unspecified atom stereocenters. The van der Waals surface area contributed by atoms with Crippen LogP contribution in [0.25, 0.3) is 11.4 Å². The van der Waals surface area contributed by atoms with Crippen molar-refractivity contribution in [2.24, 2.45) is 5.92 Å². The van der Waals surface area contributed by atoms with E-state index in [2.05, 4.69) is 29.4 Å². The Balaban J connectivity index is 2.08. The van der Waals surface area contributed by atoms with Crippen LogP contribution >= 0.6 is 0 Å². The molecular weight excluding hydrogens is 250 g/mol. The van der Waals surface area contributed by atoms with E-state index in [9.17, 15) is 0 Å². The number of benzene rings is 1. The zero-order valence-corrected chi connectivity index (χ0v) is 12.5. The standard InChI is InChI=1S/C15H23N5/c1-11(2)6-4-5-9-20-15(17-18-19-20)14-8-7-13(16)10-12(14)3/h7-8,10-11H,4-6,9,16H2,1-3H3. The molecule has 5 nitrogen and oxygen atoms in total. The van der Waals surface area contributed by atoms with Crippen LogP contribution in [0.1, 0.15) is 38.7 Å². The average Bonchev–Trinajstić information content (AvgIpc) is 2.82. The molecule has 0 atom stereocenters. The van der Waals surface area contributed by atoms with Crippen molar-refractivity contribution in [3.8, 4) is 11.4 Å². The predicted octanol–water partition coefficient (Wildman–Crippen LogP) is 3.06. The minimum atomic E-state index is 0.752. The van der Waals surface area contributed by atoms with Crippen LogP contribution in [0, 0.1) is 12.8 Å². The van der Waals surface area contributed by atoms with Gasteiger partial charge < -0.3 is 5.73 Å². The first-order valence-corrected chi connectivity index (χ1v) is 7.20. The number of nitrogens with two attached hydrogens (primary N) is 1. The lowest BCUT2D eigenvalue weighted by molar-refractivity contribution is 0.487. The first-order valence-electron chi connectivity index (χ1n) is 7.20. The molecule has 1 aromatic carbocycles. The third-order valence-corrected chi connectivity index (χ3v) is 3.42. The highest BCUT2D eigenvalue weighted by Gasteiger charge is 2.11. The van der Waals surface area contributed by atoms with Crippen molar-refractivity contribution in [1.82, 2.24) is 20.2 Å². The maximum atomic E-state index is 5.79. The van der Waals surface area contributed by atoms with Crippen LogP contribution in [0.5, 0.6) is 0 Å². The summed E-state index contributed by atoms with van der Waals surface area (Å²) in [7, 11) is 0. The van der Waals surface area contributed by atoms with Gasteiger partial charge in [-0.25, -0.2) is 4.68 Å². The molecule has 0 radical (unpaired) electrons. The van der Waals surface area contributed by atoms with Gasteiger partial charge in [-0.05, 0) is 53.5 Å². The van der Waals surface area contributed by atoms with E-state index in [1.165, 1.54) is 12.8 Å². The first kappa shape index (κ1) is 14.5. The Bertz CT molecular complexity index is 559. The highest BCUT2D eigenvalue weighted by molar-refractivity contribution is 5.63. The van der Waals surface area contributed by atoms with E-state index in [1.807, 2.05) is 29.8 Å². The van der Waals surface area contributed by atoms with Gasteiger partial charge in [-0.15, -0.1) is 5.10 Å². The number of aromatic nitrogens is 4. The van der Waals surface area contributed by atoms with E-state index in [0.717, 1.165) is 41.5 Å². The molecular formula is C15H23N5. The van der Waals surface area contributed by atoms with Crippen LogP contribution < -0.4 is 5.73 Å². The molecule has 2 rings (SSSR count). The van der Waals surface area contributed by atoms with Crippen molar-refractivity contribution in [3.05, 3.63) is 23.8 Å². The van der Waals surface area contributed by atoms with Crippen molar-refractivity contribution < 1.29 is 0 Å². The summed E-state index contributed by atoms with van der Waals surface area (Å²) in [6, 6.07) is 5.83. The first-order chi connectivity index (χ1) is 9.58. The Hall–Kier alpha value is -1.91. The molecule has 0 saturated heterocycles. The SMILES string of the molecule is Cc1cc(N)ccc1-c1nnnn1CCCCC(C)C. The minimum Gasteiger partial charge on any atom is -0.399 e. The molecule has 0 fully saturated rings. The van der Waals surface area contributed by atoms with Crippen molar-refractivity contribution in [3.63, 3.8) is 0 Å². The Morgan fingerprint density at radius 2 is 2.05 bits per heavy atom. The van der Waals surface area contributed by atoms with Crippen LogP contribution in [-0.2, 0) is 6.54 Å². The minimum absolute atomic E-state index is 0.752. The maximum Gasteiger partial charge on any atom is 0.182 e. The fourth-order valence-corrected chi connectivity index (χ4v) is 2.30. The molecule has 0 spiro atoms. The van der Waals surface area contributed by atoms with Crippen molar-refractivity contribution in [2.75, 3.05) is 5.73 Å². The molecule has 0 aliphatic heterocycles. The molecule has 5 heteroatoms. The molecule has 1 heterocycles. The van der Waals surface area contributed by atoms with Gasteiger partial charge in [-0.2, -0.15) is 0 Å². The highest BCUT2D eigenvalue weighted by atomic mass is 15.5. The van der Waals surface area contributed by atoms with Gasteiger partial charge in [0.2, 0.25) is 0 Å². The zero-order chi connectivity index (χ0) is 14.5. The van der Waals surface area contributed by atoms with Crippen molar-refractivity contribution in [2.45, 2.75) is 46.6 Å². The van der Waals surface area contributed by atoms with Crippen molar-refractivity contribution >= 4 is 5.69 Å². The summed E-state index contributed by atoms with van der Waals surface area (Å²) in [5.74, 6) is 1.58. The molecule has 0 bridgehead atoms. The Morgan fingerprint density at radius 3 is 2.75 bits per heavy atom. The number of nitrogen functional groups attached to an aromatic ring is 1.